The maximum absolute atomic E-state index is 12.0. The van der Waals surface area contributed by atoms with Crippen molar-refractivity contribution in [3.05, 3.63) is 47.6 Å². The van der Waals surface area contributed by atoms with Crippen molar-refractivity contribution in [1.82, 2.24) is 15.3 Å². The number of anilines is 4. The van der Waals surface area contributed by atoms with Gasteiger partial charge in [0.15, 0.2) is 5.82 Å². The number of nitrogens with zero attached hydrogens (tertiary/aromatic N) is 2. The van der Waals surface area contributed by atoms with Gasteiger partial charge in [0, 0.05) is 12.6 Å². The Labute approximate surface area is 181 Å². The second-order valence-corrected chi connectivity index (χ2v) is 8.24. The lowest BCUT2D eigenvalue weighted by atomic mass is 9.80. The molecule has 2 fully saturated rings. The SMILES string of the molecule is C=CC(=O)Nc1cc(C2CCC2)ccc1Nc1nc(N[C@H]2CCCNC2)ncc1Cl. The van der Waals surface area contributed by atoms with Gasteiger partial charge in [0.05, 0.1) is 17.6 Å². The summed E-state index contributed by atoms with van der Waals surface area (Å²) < 4.78 is 0. The van der Waals surface area contributed by atoms with Crippen LogP contribution in [-0.4, -0.2) is 35.0 Å². The molecule has 1 saturated heterocycles. The molecule has 0 bridgehead atoms. The Bertz CT molecular complexity index is 924. The molecule has 2 aromatic rings. The molecular weight excluding hydrogens is 400 g/mol. The predicted molar refractivity (Wildman–Crippen MR) is 122 cm³/mol. The summed E-state index contributed by atoms with van der Waals surface area (Å²) in [5.41, 5.74) is 2.64. The highest BCUT2D eigenvalue weighted by molar-refractivity contribution is 6.33. The fourth-order valence-electron chi connectivity index (χ4n) is 3.76. The van der Waals surface area contributed by atoms with Gasteiger partial charge in [0.1, 0.15) is 5.02 Å². The number of aromatic nitrogens is 2. The first kappa shape index (κ1) is 20.6. The predicted octanol–water partition coefficient (Wildman–Crippen LogP) is 4.43. The lowest BCUT2D eigenvalue weighted by Gasteiger charge is -2.27. The minimum Gasteiger partial charge on any atom is -0.350 e. The molecular formula is C22H27ClN6O. The second kappa shape index (κ2) is 9.45. The van der Waals surface area contributed by atoms with Crippen LogP contribution in [0.25, 0.3) is 0 Å². The third kappa shape index (κ3) is 4.91. The quantitative estimate of drug-likeness (QED) is 0.489. The number of halogens is 1. The summed E-state index contributed by atoms with van der Waals surface area (Å²) in [7, 11) is 0. The highest BCUT2D eigenvalue weighted by atomic mass is 35.5. The molecule has 4 rings (SSSR count). The van der Waals surface area contributed by atoms with Crippen LogP contribution in [-0.2, 0) is 4.79 Å². The van der Waals surface area contributed by atoms with Crippen LogP contribution >= 0.6 is 11.6 Å². The van der Waals surface area contributed by atoms with Gasteiger partial charge in [-0.3, -0.25) is 4.79 Å². The first-order valence-corrected chi connectivity index (χ1v) is 10.8. The summed E-state index contributed by atoms with van der Waals surface area (Å²) in [5, 5.41) is 13.3. The summed E-state index contributed by atoms with van der Waals surface area (Å²) in [6, 6.07) is 6.37. The number of amides is 1. The van der Waals surface area contributed by atoms with Gasteiger partial charge in [-0.25, -0.2) is 4.98 Å². The van der Waals surface area contributed by atoms with E-state index in [1.54, 1.807) is 6.20 Å². The van der Waals surface area contributed by atoms with E-state index in [4.69, 9.17) is 11.6 Å². The number of hydrogen-bond donors (Lipinski definition) is 4. The van der Waals surface area contributed by atoms with E-state index in [9.17, 15) is 4.79 Å². The van der Waals surface area contributed by atoms with Crippen LogP contribution in [0, 0.1) is 0 Å². The number of benzene rings is 1. The molecule has 1 amide bonds. The first-order valence-electron chi connectivity index (χ1n) is 10.5. The molecule has 1 aromatic carbocycles. The molecule has 0 unspecified atom stereocenters. The van der Waals surface area contributed by atoms with Crippen LogP contribution in [0.5, 0.6) is 0 Å². The minimum absolute atomic E-state index is 0.259. The molecule has 1 aliphatic carbocycles. The Kier molecular flexibility index (Phi) is 6.50. The Balaban J connectivity index is 1.56. The van der Waals surface area contributed by atoms with Gasteiger partial charge in [-0.05, 0) is 61.9 Å². The second-order valence-electron chi connectivity index (χ2n) is 7.83. The maximum Gasteiger partial charge on any atom is 0.247 e. The molecule has 30 heavy (non-hydrogen) atoms. The number of nitrogens with one attached hydrogen (secondary N) is 4. The molecule has 8 heteroatoms. The van der Waals surface area contributed by atoms with E-state index in [1.807, 2.05) is 12.1 Å². The zero-order chi connectivity index (χ0) is 20.9. The van der Waals surface area contributed by atoms with Gasteiger partial charge in [0.2, 0.25) is 11.9 Å². The van der Waals surface area contributed by atoms with E-state index >= 15 is 0 Å². The summed E-state index contributed by atoms with van der Waals surface area (Å²) >= 11 is 6.36. The summed E-state index contributed by atoms with van der Waals surface area (Å²) in [6.07, 6.45) is 8.66. The molecule has 1 aromatic heterocycles. The van der Waals surface area contributed by atoms with Crippen LogP contribution in [0.4, 0.5) is 23.1 Å². The van der Waals surface area contributed by atoms with E-state index in [-0.39, 0.29) is 11.9 Å². The fraction of sp³-hybridized carbons (Fsp3) is 0.409. The topological polar surface area (TPSA) is 91.0 Å². The first-order chi connectivity index (χ1) is 14.6. The molecule has 2 aliphatic rings. The van der Waals surface area contributed by atoms with E-state index in [0.29, 0.717) is 28.4 Å². The molecule has 4 N–H and O–H groups in total. The lowest BCUT2D eigenvalue weighted by molar-refractivity contribution is -0.111. The molecule has 0 radical (unpaired) electrons. The number of carbonyl (C=O) groups is 1. The van der Waals surface area contributed by atoms with Crippen LogP contribution < -0.4 is 21.3 Å². The molecule has 2 heterocycles. The van der Waals surface area contributed by atoms with Crippen molar-refractivity contribution in [2.75, 3.05) is 29.0 Å². The van der Waals surface area contributed by atoms with Gasteiger partial charge in [-0.2, -0.15) is 4.98 Å². The van der Waals surface area contributed by atoms with Crippen molar-refractivity contribution in [2.24, 2.45) is 0 Å². The number of piperidine rings is 1. The highest BCUT2D eigenvalue weighted by Crippen LogP contribution is 2.39. The third-order valence-electron chi connectivity index (χ3n) is 5.69. The average Bonchev–Trinajstić information content (AvgIpc) is 2.71. The zero-order valence-corrected chi connectivity index (χ0v) is 17.6. The van der Waals surface area contributed by atoms with Gasteiger partial charge in [-0.1, -0.05) is 30.7 Å². The Morgan fingerprint density at radius 2 is 2.10 bits per heavy atom. The van der Waals surface area contributed by atoms with Gasteiger partial charge < -0.3 is 21.3 Å². The molecule has 158 valence electrons. The van der Waals surface area contributed by atoms with Gasteiger partial charge in [-0.15, -0.1) is 0 Å². The lowest BCUT2D eigenvalue weighted by Crippen LogP contribution is -2.38. The van der Waals surface area contributed by atoms with Crippen LogP contribution in [0.3, 0.4) is 0 Å². The van der Waals surface area contributed by atoms with Crippen molar-refractivity contribution >= 4 is 40.6 Å². The molecule has 0 spiro atoms. The average molecular weight is 427 g/mol. The van der Waals surface area contributed by atoms with E-state index < -0.39 is 0 Å². The third-order valence-corrected chi connectivity index (χ3v) is 5.97. The number of rotatable bonds is 7. The summed E-state index contributed by atoms with van der Waals surface area (Å²) in [4.78, 5) is 20.8. The van der Waals surface area contributed by atoms with E-state index in [0.717, 1.165) is 31.6 Å². The highest BCUT2D eigenvalue weighted by Gasteiger charge is 2.21. The van der Waals surface area contributed by atoms with Crippen molar-refractivity contribution in [2.45, 2.75) is 44.1 Å². The largest absolute Gasteiger partial charge is 0.350 e. The number of carbonyl (C=O) groups excluding carboxylic acids is 1. The van der Waals surface area contributed by atoms with Crippen molar-refractivity contribution in [3.8, 4) is 0 Å². The molecule has 1 atom stereocenters. The Morgan fingerprint density at radius 3 is 2.80 bits per heavy atom. The summed E-state index contributed by atoms with van der Waals surface area (Å²) in [6.45, 7) is 5.48. The maximum atomic E-state index is 12.0. The number of hydrogen-bond acceptors (Lipinski definition) is 6. The van der Waals surface area contributed by atoms with Crippen LogP contribution in [0.1, 0.15) is 43.6 Å². The summed E-state index contributed by atoms with van der Waals surface area (Å²) in [5.74, 6) is 1.31. The van der Waals surface area contributed by atoms with Gasteiger partial charge in [0.25, 0.3) is 0 Å². The van der Waals surface area contributed by atoms with Crippen LogP contribution in [0.2, 0.25) is 5.02 Å². The Hall–Kier alpha value is -2.64. The van der Waals surface area contributed by atoms with Crippen molar-refractivity contribution < 1.29 is 4.79 Å². The van der Waals surface area contributed by atoms with Crippen molar-refractivity contribution in [3.63, 3.8) is 0 Å². The smallest absolute Gasteiger partial charge is 0.247 e. The molecule has 1 aliphatic heterocycles. The fourth-order valence-corrected chi connectivity index (χ4v) is 3.90. The normalized spacial score (nSPS) is 18.9. The molecule has 1 saturated carbocycles. The standard InChI is InChI=1S/C22H27ClN6O/c1-2-20(30)27-19-11-15(14-5-3-6-14)8-9-18(19)28-21-17(23)13-25-22(29-21)26-16-7-4-10-24-12-16/h2,8-9,11,13-14,16,24H,1,3-7,10,12H2,(H,27,30)(H2,25,26,28,29)/t16-/m0/s1. The van der Waals surface area contributed by atoms with Crippen molar-refractivity contribution in [1.29, 1.82) is 0 Å². The zero-order valence-electron chi connectivity index (χ0n) is 16.9. The van der Waals surface area contributed by atoms with Gasteiger partial charge >= 0.3 is 0 Å². The molecule has 7 nitrogen and oxygen atoms in total. The van der Waals surface area contributed by atoms with E-state index in [1.165, 1.54) is 30.9 Å². The minimum atomic E-state index is -0.259. The van der Waals surface area contributed by atoms with Crippen LogP contribution in [0.15, 0.2) is 37.1 Å². The Morgan fingerprint density at radius 1 is 1.23 bits per heavy atom. The monoisotopic (exact) mass is 426 g/mol. The van der Waals surface area contributed by atoms with E-state index in [2.05, 4.69) is 43.9 Å².